The number of hydrogen-bond donors (Lipinski definition) is 0. The van der Waals surface area contributed by atoms with Crippen LogP contribution in [0.15, 0.2) is 0 Å². The Balaban J connectivity index is 2.75. The lowest BCUT2D eigenvalue weighted by atomic mass is 11.8. The first-order chi connectivity index (χ1) is 2.81. The van der Waals surface area contributed by atoms with Crippen LogP contribution < -0.4 is 0 Å². The van der Waals surface area contributed by atoms with Crippen LogP contribution in [-0.4, -0.2) is 22.8 Å². The minimum absolute atomic E-state index is 1.54. The van der Waals surface area contributed by atoms with Gasteiger partial charge in [0.2, 0.25) is 0 Å². The molecule has 0 aliphatic rings. The average molecular weight is 127 g/mol. The summed E-state index contributed by atoms with van der Waals surface area (Å²) in [5.74, 6) is 0. The summed E-state index contributed by atoms with van der Waals surface area (Å²) in [5.41, 5.74) is 0. The molecule has 38 valence electrons. The molecule has 0 bridgehead atoms. The predicted molar refractivity (Wildman–Crippen MR) is 27.0 cm³/mol. The Morgan fingerprint density at radius 3 is 1.67 bits per heavy atom. The number of rotatable bonds is 2. The third kappa shape index (κ3) is 2.65. The minimum Gasteiger partial charge on any atom is -0.389 e. The summed E-state index contributed by atoms with van der Waals surface area (Å²) in [6.07, 6.45) is 0. The molecule has 0 atom stereocenters. The van der Waals surface area contributed by atoms with E-state index in [0.29, 0.717) is 0 Å². The molecule has 0 aliphatic carbocycles. The van der Waals surface area contributed by atoms with Crippen molar-refractivity contribution in [2.24, 2.45) is 0 Å². The van der Waals surface area contributed by atoms with Crippen LogP contribution in [0.1, 0.15) is 0 Å². The Morgan fingerprint density at radius 1 is 1.33 bits per heavy atom. The molecule has 6 heavy (non-hydrogen) atoms. The third-order valence-corrected chi connectivity index (χ3v) is 2.18. The van der Waals surface area contributed by atoms with E-state index < -0.39 is 8.59 Å². The highest BCUT2D eigenvalue weighted by Gasteiger charge is 1.98. The molecular weight excluding hydrogens is 120 g/mol. The fourth-order valence-corrected chi connectivity index (χ4v) is 0.289. The van der Waals surface area contributed by atoms with Crippen LogP contribution in [-0.2, 0) is 8.85 Å². The summed E-state index contributed by atoms with van der Waals surface area (Å²) in [5, 5.41) is 0. The smallest absolute Gasteiger partial charge is 0.389 e. The Hall–Kier alpha value is 0.427. The van der Waals surface area contributed by atoms with Gasteiger partial charge >= 0.3 is 8.59 Å². The van der Waals surface area contributed by atoms with Gasteiger partial charge in [0.1, 0.15) is 0 Å². The molecule has 0 saturated heterocycles. The van der Waals surface area contributed by atoms with Gasteiger partial charge in [0, 0.05) is 14.2 Å². The van der Waals surface area contributed by atoms with E-state index in [4.69, 9.17) is 11.1 Å². The second-order valence-electron chi connectivity index (χ2n) is 0.746. The maximum atomic E-state index is 5.34. The topological polar surface area (TPSA) is 18.5 Å². The molecule has 4 heteroatoms. The summed E-state index contributed by atoms with van der Waals surface area (Å²) in [7, 11) is 1.38. The maximum Gasteiger partial charge on any atom is 0.426 e. The first-order valence-electron chi connectivity index (χ1n) is 1.51. The first kappa shape index (κ1) is 6.43. The van der Waals surface area contributed by atoms with Gasteiger partial charge < -0.3 is 8.85 Å². The van der Waals surface area contributed by atoms with Crippen molar-refractivity contribution in [3.05, 3.63) is 0 Å². The molecule has 0 amide bonds. The molecular formula is C2H7ClO2Si. The Bertz CT molecular complexity index is 30.7. The van der Waals surface area contributed by atoms with Crippen LogP contribution in [0.3, 0.4) is 0 Å². The molecule has 0 aromatic heterocycles. The lowest BCUT2D eigenvalue weighted by molar-refractivity contribution is 0.299. The van der Waals surface area contributed by atoms with Gasteiger partial charge in [-0.05, 0) is 0 Å². The highest BCUT2D eigenvalue weighted by Crippen LogP contribution is 1.86. The third-order valence-electron chi connectivity index (χ3n) is 0.371. The SMILES string of the molecule is CO[SiH](Cl)OC. The van der Waals surface area contributed by atoms with Crippen LogP contribution in [0, 0.1) is 0 Å². The molecule has 0 aliphatic heterocycles. The second kappa shape index (κ2) is 3.61. The van der Waals surface area contributed by atoms with Crippen LogP contribution >= 0.6 is 11.1 Å². The van der Waals surface area contributed by atoms with E-state index in [1.54, 1.807) is 0 Å². The predicted octanol–water partition coefficient (Wildman–Crippen LogP) is 0.235. The summed E-state index contributed by atoms with van der Waals surface area (Å²) >= 11 is 5.34. The zero-order valence-electron chi connectivity index (χ0n) is 3.77. The normalized spacial score (nSPS) is 10.0. The fraction of sp³-hybridized carbons (Fsp3) is 1.00. The fourth-order valence-electron chi connectivity index (χ4n) is 0.0962. The highest BCUT2D eigenvalue weighted by molar-refractivity contribution is 6.99. The van der Waals surface area contributed by atoms with Crippen molar-refractivity contribution in [2.45, 2.75) is 0 Å². The zero-order chi connectivity index (χ0) is 4.99. The van der Waals surface area contributed by atoms with Crippen molar-refractivity contribution in [3.8, 4) is 0 Å². The van der Waals surface area contributed by atoms with Gasteiger partial charge in [-0.3, -0.25) is 0 Å². The molecule has 0 radical (unpaired) electrons. The van der Waals surface area contributed by atoms with Crippen molar-refractivity contribution in [1.29, 1.82) is 0 Å². The highest BCUT2D eigenvalue weighted by atomic mass is 35.6. The van der Waals surface area contributed by atoms with E-state index in [9.17, 15) is 0 Å². The van der Waals surface area contributed by atoms with E-state index in [-0.39, 0.29) is 0 Å². The van der Waals surface area contributed by atoms with E-state index in [2.05, 4.69) is 8.85 Å². The average Bonchev–Trinajstić information content (AvgIpc) is 1.65. The molecule has 0 spiro atoms. The van der Waals surface area contributed by atoms with Gasteiger partial charge in [-0.15, -0.1) is 11.1 Å². The molecule has 0 rings (SSSR count). The van der Waals surface area contributed by atoms with Gasteiger partial charge in [-0.25, -0.2) is 0 Å². The van der Waals surface area contributed by atoms with Crippen molar-refractivity contribution >= 4 is 19.7 Å². The number of halogens is 1. The van der Waals surface area contributed by atoms with Crippen LogP contribution in [0.2, 0.25) is 0 Å². The van der Waals surface area contributed by atoms with E-state index in [1.165, 1.54) is 14.2 Å². The van der Waals surface area contributed by atoms with Crippen molar-refractivity contribution in [1.82, 2.24) is 0 Å². The van der Waals surface area contributed by atoms with Crippen LogP contribution in [0.4, 0.5) is 0 Å². The van der Waals surface area contributed by atoms with Crippen molar-refractivity contribution < 1.29 is 8.85 Å². The van der Waals surface area contributed by atoms with Crippen molar-refractivity contribution in [2.75, 3.05) is 14.2 Å². The molecule has 0 saturated carbocycles. The van der Waals surface area contributed by atoms with E-state index in [0.717, 1.165) is 0 Å². The van der Waals surface area contributed by atoms with Crippen molar-refractivity contribution in [3.63, 3.8) is 0 Å². The standard InChI is InChI=1S/C2H7ClO2Si/c1-4-6(3)5-2/h6H,1-2H3. The largest absolute Gasteiger partial charge is 0.426 e. The first-order valence-corrected chi connectivity index (χ1v) is 4.19. The molecule has 0 fully saturated rings. The quantitative estimate of drug-likeness (QED) is 0.390. The summed E-state index contributed by atoms with van der Waals surface area (Å²) in [4.78, 5) is 0. The molecule has 0 aromatic carbocycles. The molecule has 0 N–H and O–H groups in total. The molecule has 2 nitrogen and oxygen atoms in total. The molecule has 0 heterocycles. The number of hydrogen-bond acceptors (Lipinski definition) is 2. The minimum atomic E-state index is -1.69. The summed E-state index contributed by atoms with van der Waals surface area (Å²) in [6.45, 7) is 0. The monoisotopic (exact) mass is 126 g/mol. The lowest BCUT2D eigenvalue weighted by Gasteiger charge is -1.97. The van der Waals surface area contributed by atoms with Crippen LogP contribution in [0.5, 0.6) is 0 Å². The second-order valence-corrected chi connectivity index (χ2v) is 3.31. The van der Waals surface area contributed by atoms with Gasteiger partial charge in [0.05, 0.1) is 0 Å². The maximum absolute atomic E-state index is 5.34. The Kier molecular flexibility index (Phi) is 3.87. The van der Waals surface area contributed by atoms with Gasteiger partial charge in [-0.1, -0.05) is 0 Å². The van der Waals surface area contributed by atoms with Gasteiger partial charge in [-0.2, -0.15) is 0 Å². The lowest BCUT2D eigenvalue weighted by Crippen LogP contribution is -2.09. The van der Waals surface area contributed by atoms with Crippen LogP contribution in [0.25, 0.3) is 0 Å². The van der Waals surface area contributed by atoms with Gasteiger partial charge in [0.15, 0.2) is 0 Å². The Labute approximate surface area is 43.6 Å². The van der Waals surface area contributed by atoms with Gasteiger partial charge in [0.25, 0.3) is 0 Å². The summed E-state index contributed by atoms with van der Waals surface area (Å²) < 4.78 is 9.16. The molecule has 0 aromatic rings. The summed E-state index contributed by atoms with van der Waals surface area (Å²) in [6, 6.07) is 0. The zero-order valence-corrected chi connectivity index (χ0v) is 5.68. The van der Waals surface area contributed by atoms with E-state index in [1.807, 2.05) is 0 Å². The molecule has 0 unspecified atom stereocenters. The van der Waals surface area contributed by atoms with E-state index >= 15 is 0 Å². The Morgan fingerprint density at radius 2 is 1.67 bits per heavy atom.